The van der Waals surface area contributed by atoms with E-state index in [0.29, 0.717) is 37.0 Å². The van der Waals surface area contributed by atoms with Gasteiger partial charge in [0.15, 0.2) is 0 Å². The molecule has 1 aromatic rings. The molecule has 2 amide bonds. The zero-order chi connectivity index (χ0) is 16.8. The van der Waals surface area contributed by atoms with Gasteiger partial charge >= 0.3 is 0 Å². The van der Waals surface area contributed by atoms with E-state index in [2.05, 4.69) is 5.32 Å². The summed E-state index contributed by atoms with van der Waals surface area (Å²) < 4.78 is 5.22. The average Bonchev–Trinajstić information content (AvgIpc) is 2.51. The molecule has 2 rings (SSSR count). The molecule has 1 aromatic carbocycles. The Hall–Kier alpha value is -1.63. The lowest BCUT2D eigenvalue weighted by molar-refractivity contribution is -0.136. The third-order valence-electron chi connectivity index (χ3n) is 3.64. The van der Waals surface area contributed by atoms with Crippen molar-refractivity contribution in [2.75, 3.05) is 51.8 Å². The van der Waals surface area contributed by atoms with Gasteiger partial charge < -0.3 is 15.0 Å². The van der Waals surface area contributed by atoms with Crippen molar-refractivity contribution in [2.45, 2.75) is 6.92 Å². The van der Waals surface area contributed by atoms with Crippen LogP contribution >= 0.6 is 11.6 Å². The summed E-state index contributed by atoms with van der Waals surface area (Å²) in [7, 11) is 1.75. The minimum absolute atomic E-state index is 0.0157. The molecule has 1 heterocycles. The standard InChI is InChI=1S/C16H22ClN3O3/c1-12-3-4-13(9-14(12)17)18-15(21)10-19(2)11-16(22)20-5-7-23-8-6-20/h3-4,9H,5-8,10-11H2,1-2H3,(H,18,21). The molecule has 7 heteroatoms. The molecule has 0 atom stereocenters. The topological polar surface area (TPSA) is 61.9 Å². The fraction of sp³-hybridized carbons (Fsp3) is 0.500. The normalized spacial score (nSPS) is 14.9. The molecule has 1 N–H and O–H groups in total. The summed E-state index contributed by atoms with van der Waals surface area (Å²) in [6, 6.07) is 5.37. The first-order valence-electron chi connectivity index (χ1n) is 7.56. The molecule has 0 saturated carbocycles. The molecule has 0 aliphatic carbocycles. The van der Waals surface area contributed by atoms with Crippen LogP contribution in [0.25, 0.3) is 0 Å². The molecule has 6 nitrogen and oxygen atoms in total. The zero-order valence-corrected chi connectivity index (χ0v) is 14.2. The number of benzene rings is 1. The molecule has 1 fully saturated rings. The average molecular weight is 340 g/mol. The first-order chi connectivity index (χ1) is 11.0. The van der Waals surface area contributed by atoms with Crippen LogP contribution < -0.4 is 5.32 Å². The number of hydrogen-bond donors (Lipinski definition) is 1. The number of amides is 2. The minimum Gasteiger partial charge on any atom is -0.378 e. The molecule has 23 heavy (non-hydrogen) atoms. The van der Waals surface area contributed by atoms with Crippen LogP contribution in [0.4, 0.5) is 5.69 Å². The predicted molar refractivity (Wildman–Crippen MR) is 89.7 cm³/mol. The van der Waals surface area contributed by atoms with Crippen molar-refractivity contribution in [2.24, 2.45) is 0 Å². The van der Waals surface area contributed by atoms with Crippen molar-refractivity contribution in [1.29, 1.82) is 0 Å². The lowest BCUT2D eigenvalue weighted by Crippen LogP contribution is -2.46. The van der Waals surface area contributed by atoms with Gasteiger partial charge in [0.05, 0.1) is 26.3 Å². The molecule has 1 aliphatic heterocycles. The highest BCUT2D eigenvalue weighted by Crippen LogP contribution is 2.19. The molecule has 0 aromatic heterocycles. The number of nitrogens with one attached hydrogen (secondary N) is 1. The SMILES string of the molecule is Cc1ccc(NC(=O)CN(C)CC(=O)N2CCOCC2)cc1Cl. The largest absolute Gasteiger partial charge is 0.378 e. The molecular formula is C16H22ClN3O3. The van der Waals surface area contributed by atoms with Gasteiger partial charge in [0, 0.05) is 23.8 Å². The van der Waals surface area contributed by atoms with E-state index < -0.39 is 0 Å². The van der Waals surface area contributed by atoms with Gasteiger partial charge in [0.25, 0.3) is 0 Å². The molecule has 126 valence electrons. The Labute approximate surface area is 141 Å². The highest BCUT2D eigenvalue weighted by molar-refractivity contribution is 6.31. The van der Waals surface area contributed by atoms with Crippen LogP contribution in [0.3, 0.4) is 0 Å². The van der Waals surface area contributed by atoms with E-state index in [0.717, 1.165) is 5.56 Å². The summed E-state index contributed by atoms with van der Waals surface area (Å²) in [6.07, 6.45) is 0. The van der Waals surface area contributed by atoms with Gasteiger partial charge in [-0.2, -0.15) is 0 Å². The Kier molecular flexibility index (Phi) is 6.38. The zero-order valence-electron chi connectivity index (χ0n) is 13.5. The number of nitrogens with zero attached hydrogens (tertiary/aromatic N) is 2. The lowest BCUT2D eigenvalue weighted by Gasteiger charge is -2.28. The van der Waals surface area contributed by atoms with E-state index in [9.17, 15) is 9.59 Å². The highest BCUT2D eigenvalue weighted by atomic mass is 35.5. The number of rotatable bonds is 5. The Morgan fingerprint density at radius 1 is 1.30 bits per heavy atom. The van der Waals surface area contributed by atoms with E-state index in [1.807, 2.05) is 13.0 Å². The smallest absolute Gasteiger partial charge is 0.238 e. The number of halogens is 1. The predicted octanol–water partition coefficient (Wildman–Crippen LogP) is 1.38. The van der Waals surface area contributed by atoms with Crippen molar-refractivity contribution >= 4 is 29.1 Å². The van der Waals surface area contributed by atoms with Crippen molar-refractivity contribution < 1.29 is 14.3 Å². The van der Waals surface area contributed by atoms with Crippen molar-refractivity contribution in [1.82, 2.24) is 9.80 Å². The van der Waals surface area contributed by atoms with Crippen LogP contribution in [0, 0.1) is 6.92 Å². The van der Waals surface area contributed by atoms with Gasteiger partial charge in [-0.1, -0.05) is 17.7 Å². The Balaban J connectivity index is 1.79. The van der Waals surface area contributed by atoms with Gasteiger partial charge in [0.1, 0.15) is 0 Å². The van der Waals surface area contributed by atoms with Gasteiger partial charge in [0.2, 0.25) is 11.8 Å². The maximum absolute atomic E-state index is 12.1. The number of ether oxygens (including phenoxy) is 1. The third kappa shape index (κ3) is 5.49. The first-order valence-corrected chi connectivity index (χ1v) is 7.93. The second-order valence-corrected chi connectivity index (χ2v) is 6.08. The highest BCUT2D eigenvalue weighted by Gasteiger charge is 2.19. The number of likely N-dealkylation sites (N-methyl/N-ethyl adjacent to an activating group) is 1. The van der Waals surface area contributed by atoms with Gasteiger partial charge in [-0.05, 0) is 31.7 Å². The van der Waals surface area contributed by atoms with Crippen LogP contribution in [0.15, 0.2) is 18.2 Å². The summed E-state index contributed by atoms with van der Waals surface area (Å²) in [4.78, 5) is 27.6. The molecule has 0 bridgehead atoms. The Morgan fingerprint density at radius 2 is 2.00 bits per heavy atom. The maximum Gasteiger partial charge on any atom is 0.238 e. The van der Waals surface area contributed by atoms with E-state index in [4.69, 9.17) is 16.3 Å². The van der Waals surface area contributed by atoms with Crippen LogP contribution in [-0.2, 0) is 14.3 Å². The summed E-state index contributed by atoms with van der Waals surface area (Å²) in [5.74, 6) is -0.163. The van der Waals surface area contributed by atoms with E-state index in [-0.39, 0.29) is 24.9 Å². The van der Waals surface area contributed by atoms with Crippen molar-refractivity contribution in [3.05, 3.63) is 28.8 Å². The number of anilines is 1. The number of carbonyl (C=O) groups is 2. The second-order valence-electron chi connectivity index (χ2n) is 5.68. The number of morpholine rings is 1. The Morgan fingerprint density at radius 3 is 2.65 bits per heavy atom. The number of carbonyl (C=O) groups excluding carboxylic acids is 2. The number of hydrogen-bond acceptors (Lipinski definition) is 4. The fourth-order valence-electron chi connectivity index (χ4n) is 2.32. The van der Waals surface area contributed by atoms with E-state index in [1.54, 1.807) is 29.0 Å². The summed E-state index contributed by atoms with van der Waals surface area (Å²) in [5.41, 5.74) is 1.61. The summed E-state index contributed by atoms with van der Waals surface area (Å²) >= 11 is 6.04. The third-order valence-corrected chi connectivity index (χ3v) is 4.05. The van der Waals surface area contributed by atoms with Crippen LogP contribution in [0.5, 0.6) is 0 Å². The monoisotopic (exact) mass is 339 g/mol. The second kappa shape index (κ2) is 8.29. The summed E-state index contributed by atoms with van der Waals surface area (Å²) in [6.45, 7) is 4.62. The first kappa shape index (κ1) is 17.7. The Bertz CT molecular complexity index is 574. The van der Waals surface area contributed by atoms with Crippen LogP contribution in [0.1, 0.15) is 5.56 Å². The van der Waals surface area contributed by atoms with Crippen LogP contribution in [0.2, 0.25) is 5.02 Å². The fourth-order valence-corrected chi connectivity index (χ4v) is 2.50. The molecule has 1 aliphatic rings. The van der Waals surface area contributed by atoms with Crippen molar-refractivity contribution in [3.8, 4) is 0 Å². The molecular weight excluding hydrogens is 318 g/mol. The van der Waals surface area contributed by atoms with Gasteiger partial charge in [-0.3, -0.25) is 14.5 Å². The molecule has 0 unspecified atom stereocenters. The molecule has 0 radical (unpaired) electrons. The van der Waals surface area contributed by atoms with Gasteiger partial charge in [-0.15, -0.1) is 0 Å². The lowest BCUT2D eigenvalue weighted by atomic mass is 10.2. The van der Waals surface area contributed by atoms with E-state index >= 15 is 0 Å². The summed E-state index contributed by atoms with van der Waals surface area (Å²) in [5, 5.41) is 3.39. The molecule has 0 spiro atoms. The quantitative estimate of drug-likeness (QED) is 0.880. The number of aryl methyl sites for hydroxylation is 1. The van der Waals surface area contributed by atoms with E-state index in [1.165, 1.54) is 0 Å². The molecule has 1 saturated heterocycles. The minimum atomic E-state index is -0.179. The van der Waals surface area contributed by atoms with Crippen LogP contribution in [-0.4, -0.2) is 68.1 Å². The van der Waals surface area contributed by atoms with Crippen molar-refractivity contribution in [3.63, 3.8) is 0 Å². The maximum atomic E-state index is 12.1. The van der Waals surface area contributed by atoms with Gasteiger partial charge in [-0.25, -0.2) is 0 Å².